The van der Waals surface area contributed by atoms with Gasteiger partial charge in [-0.2, -0.15) is 0 Å². The van der Waals surface area contributed by atoms with Crippen molar-refractivity contribution < 1.29 is 5.11 Å². The highest BCUT2D eigenvalue weighted by molar-refractivity contribution is 5.89. The Hall–Kier alpha value is -2.77. The molecule has 0 unspecified atom stereocenters. The minimum atomic E-state index is -1.05. The minimum absolute atomic E-state index is 0.0131. The van der Waals surface area contributed by atoms with Crippen molar-refractivity contribution in [3.63, 3.8) is 0 Å². The number of imidazole rings is 1. The van der Waals surface area contributed by atoms with Gasteiger partial charge in [0.25, 0.3) is 0 Å². The van der Waals surface area contributed by atoms with E-state index < -0.39 is 5.60 Å². The Labute approximate surface area is 150 Å². The number of aromatic nitrogens is 4. The third-order valence-electron chi connectivity index (χ3n) is 4.34. The summed E-state index contributed by atoms with van der Waals surface area (Å²) in [6.07, 6.45) is 1.68. The first-order chi connectivity index (χ1) is 12.3. The average Bonchev–Trinajstić information content (AvgIpc) is 2.97. The number of pyridine rings is 1. The predicted octanol–water partition coefficient (Wildman–Crippen LogP) is 2.42. The summed E-state index contributed by atoms with van der Waals surface area (Å²) < 4.78 is 1.96. The molecule has 0 saturated carbocycles. The molecule has 1 atom stereocenters. The smallest absolute Gasteiger partial charge is 0.167 e. The maximum atomic E-state index is 10.6. The maximum Gasteiger partial charge on any atom is 0.167 e. The molecule has 4 aromatic rings. The second-order valence-electron chi connectivity index (χ2n) is 7.20. The molecule has 0 aliphatic carbocycles. The molecule has 7 heteroatoms. The number of aliphatic hydroxyl groups is 1. The van der Waals surface area contributed by atoms with E-state index in [1.54, 1.807) is 20.0 Å². The zero-order valence-electron chi connectivity index (χ0n) is 15.1. The van der Waals surface area contributed by atoms with Gasteiger partial charge in [0.15, 0.2) is 5.65 Å². The zero-order chi connectivity index (χ0) is 18.5. The van der Waals surface area contributed by atoms with E-state index in [1.165, 1.54) is 0 Å². The summed E-state index contributed by atoms with van der Waals surface area (Å²) >= 11 is 0. The molecule has 26 heavy (non-hydrogen) atoms. The first kappa shape index (κ1) is 16.7. The number of hydrogen-bond donors (Lipinski definition) is 3. The van der Waals surface area contributed by atoms with Crippen LogP contribution in [0.15, 0.2) is 36.5 Å². The lowest BCUT2D eigenvalue weighted by molar-refractivity contribution is 0.0798. The molecule has 0 aliphatic rings. The van der Waals surface area contributed by atoms with Crippen molar-refractivity contribution >= 4 is 33.7 Å². The van der Waals surface area contributed by atoms with Crippen molar-refractivity contribution in [1.29, 1.82) is 0 Å². The zero-order valence-corrected chi connectivity index (χ0v) is 15.1. The molecule has 0 bridgehead atoms. The number of para-hydroxylation sites is 2. The van der Waals surface area contributed by atoms with Gasteiger partial charge in [0.2, 0.25) is 0 Å². The molecule has 0 fully saturated rings. The quantitative estimate of drug-likeness (QED) is 0.522. The Kier molecular flexibility index (Phi) is 3.78. The predicted molar refractivity (Wildman–Crippen MR) is 103 cm³/mol. The molecule has 4 rings (SSSR count). The largest absolute Gasteiger partial charge is 0.386 e. The molecule has 0 amide bonds. The third kappa shape index (κ3) is 2.75. The molecule has 0 saturated heterocycles. The van der Waals surface area contributed by atoms with Crippen LogP contribution in [0.25, 0.3) is 27.8 Å². The van der Waals surface area contributed by atoms with E-state index >= 15 is 0 Å². The highest BCUT2D eigenvalue weighted by atomic mass is 16.3. The highest BCUT2D eigenvalue weighted by Crippen LogP contribution is 2.31. The van der Waals surface area contributed by atoms with E-state index in [1.807, 2.05) is 41.7 Å². The summed E-state index contributed by atoms with van der Waals surface area (Å²) in [7, 11) is 0. The number of nitrogens with zero attached hydrogens (tertiary/aromatic N) is 4. The summed E-state index contributed by atoms with van der Waals surface area (Å²) in [4.78, 5) is 14.0. The van der Waals surface area contributed by atoms with Gasteiger partial charge in [-0.1, -0.05) is 12.1 Å². The third-order valence-corrected chi connectivity index (χ3v) is 4.34. The minimum Gasteiger partial charge on any atom is -0.386 e. The van der Waals surface area contributed by atoms with Crippen LogP contribution in [0, 0.1) is 0 Å². The van der Waals surface area contributed by atoms with E-state index in [9.17, 15) is 5.11 Å². The van der Waals surface area contributed by atoms with Gasteiger partial charge in [0.1, 0.15) is 17.0 Å². The fourth-order valence-corrected chi connectivity index (χ4v) is 3.08. The number of fused-ring (bicyclic) bond motifs is 5. The second kappa shape index (κ2) is 5.89. The van der Waals surface area contributed by atoms with Gasteiger partial charge in [-0.05, 0) is 39.0 Å². The van der Waals surface area contributed by atoms with Crippen LogP contribution < -0.4 is 11.1 Å². The lowest BCUT2D eigenvalue weighted by atomic mass is 9.99. The monoisotopic (exact) mass is 350 g/mol. The fraction of sp³-hybridized carbons (Fsp3) is 0.316. The molecular formula is C19H22N6O. The Morgan fingerprint density at radius 2 is 1.96 bits per heavy atom. The van der Waals surface area contributed by atoms with Crippen LogP contribution in [-0.2, 0) is 5.60 Å². The number of benzene rings is 1. The topological polar surface area (TPSA) is 101 Å². The van der Waals surface area contributed by atoms with Crippen LogP contribution in [0.1, 0.15) is 26.3 Å². The van der Waals surface area contributed by atoms with Crippen molar-refractivity contribution in [1.82, 2.24) is 19.4 Å². The first-order valence-corrected chi connectivity index (χ1v) is 8.64. The van der Waals surface area contributed by atoms with Gasteiger partial charge < -0.3 is 16.2 Å². The summed E-state index contributed by atoms with van der Waals surface area (Å²) in [6, 6.07) is 9.73. The number of nitrogens with two attached hydrogens (primary N) is 1. The van der Waals surface area contributed by atoms with Crippen LogP contribution in [0.5, 0.6) is 0 Å². The second-order valence-corrected chi connectivity index (χ2v) is 7.20. The lowest BCUT2D eigenvalue weighted by Crippen LogP contribution is -2.25. The van der Waals surface area contributed by atoms with Crippen molar-refractivity contribution in [2.75, 3.05) is 11.9 Å². The fourth-order valence-electron chi connectivity index (χ4n) is 3.08. The Balaban J connectivity index is 2.07. The first-order valence-electron chi connectivity index (χ1n) is 8.64. The molecule has 0 radical (unpaired) electrons. The molecule has 3 aromatic heterocycles. The van der Waals surface area contributed by atoms with Gasteiger partial charge in [0.05, 0.1) is 22.8 Å². The molecule has 0 spiro atoms. The van der Waals surface area contributed by atoms with Gasteiger partial charge in [0, 0.05) is 18.2 Å². The standard InChI is InChI=1S/C19H22N6O/c1-11(20)9-22-16-10-21-14-8-12(19(2,3)26)17-23-13-6-4-5-7-15(13)25(17)18(14)24-16/h4-8,10-11,26H,9,20H2,1-3H3,(H,22,24)/t11-/m1/s1. The normalized spacial score (nSPS) is 13.6. The SMILES string of the molecule is C[C@@H](N)CNc1cnc2cc(C(C)(C)O)c3nc4ccccc4n3c2n1. The van der Waals surface area contributed by atoms with Crippen molar-refractivity contribution in [3.05, 3.63) is 42.1 Å². The van der Waals surface area contributed by atoms with E-state index in [2.05, 4.69) is 10.3 Å². The molecule has 0 aliphatic heterocycles. The molecule has 4 N–H and O–H groups in total. The molecular weight excluding hydrogens is 328 g/mol. The number of rotatable bonds is 4. The van der Waals surface area contributed by atoms with Crippen LogP contribution in [0.2, 0.25) is 0 Å². The van der Waals surface area contributed by atoms with Crippen molar-refractivity contribution in [2.24, 2.45) is 5.73 Å². The van der Waals surface area contributed by atoms with Gasteiger partial charge in [-0.25, -0.2) is 15.0 Å². The van der Waals surface area contributed by atoms with Crippen LogP contribution >= 0.6 is 0 Å². The number of hydrogen-bond acceptors (Lipinski definition) is 6. The van der Waals surface area contributed by atoms with Gasteiger partial charge in [-0.3, -0.25) is 4.40 Å². The van der Waals surface area contributed by atoms with E-state index in [4.69, 9.17) is 15.7 Å². The Morgan fingerprint density at radius 1 is 1.19 bits per heavy atom. The summed E-state index contributed by atoms with van der Waals surface area (Å²) in [6.45, 7) is 6.04. The summed E-state index contributed by atoms with van der Waals surface area (Å²) in [5, 5.41) is 13.8. The molecule has 134 valence electrons. The van der Waals surface area contributed by atoms with E-state index in [0.717, 1.165) is 11.0 Å². The van der Waals surface area contributed by atoms with Gasteiger partial charge in [-0.15, -0.1) is 0 Å². The van der Waals surface area contributed by atoms with E-state index in [-0.39, 0.29) is 6.04 Å². The van der Waals surface area contributed by atoms with Crippen LogP contribution in [0.4, 0.5) is 5.82 Å². The number of anilines is 1. The maximum absolute atomic E-state index is 10.6. The Bertz CT molecular complexity index is 1110. The average molecular weight is 350 g/mol. The summed E-state index contributed by atoms with van der Waals surface area (Å²) in [5.74, 6) is 0.657. The van der Waals surface area contributed by atoms with Crippen LogP contribution in [0.3, 0.4) is 0 Å². The molecule has 1 aromatic carbocycles. The highest BCUT2D eigenvalue weighted by Gasteiger charge is 2.24. The van der Waals surface area contributed by atoms with Crippen LogP contribution in [-0.4, -0.2) is 37.0 Å². The Morgan fingerprint density at radius 3 is 2.69 bits per heavy atom. The van der Waals surface area contributed by atoms with Crippen molar-refractivity contribution in [2.45, 2.75) is 32.4 Å². The lowest BCUT2D eigenvalue weighted by Gasteiger charge is -2.19. The van der Waals surface area contributed by atoms with Gasteiger partial charge >= 0.3 is 0 Å². The van der Waals surface area contributed by atoms with E-state index in [0.29, 0.717) is 34.7 Å². The molecule has 3 heterocycles. The molecule has 7 nitrogen and oxygen atoms in total. The number of nitrogens with one attached hydrogen (secondary N) is 1. The van der Waals surface area contributed by atoms with Crippen molar-refractivity contribution in [3.8, 4) is 0 Å². The summed E-state index contributed by atoms with van der Waals surface area (Å²) in [5.41, 5.74) is 9.33.